The minimum Gasteiger partial charge on any atom is -0.488 e. The second kappa shape index (κ2) is 13.5. The van der Waals surface area contributed by atoms with Crippen LogP contribution >= 0.6 is 23.1 Å². The summed E-state index contributed by atoms with van der Waals surface area (Å²) in [6, 6.07) is 8.65. The monoisotopic (exact) mass is 570 g/mol. The first kappa shape index (κ1) is 29.3. The van der Waals surface area contributed by atoms with Crippen molar-refractivity contribution in [3.8, 4) is 17.2 Å². The van der Waals surface area contributed by atoms with E-state index in [1.807, 2.05) is 0 Å². The summed E-state index contributed by atoms with van der Waals surface area (Å²) in [5.41, 5.74) is -0.636. The van der Waals surface area contributed by atoms with Crippen molar-refractivity contribution in [3.63, 3.8) is 0 Å². The molecule has 204 valence electrons. The van der Waals surface area contributed by atoms with Gasteiger partial charge in [0.25, 0.3) is 5.91 Å². The number of thiazole rings is 1. The van der Waals surface area contributed by atoms with Crippen LogP contribution in [0.4, 0.5) is 18.3 Å². The van der Waals surface area contributed by atoms with E-state index in [0.717, 1.165) is 12.1 Å². The zero-order valence-corrected chi connectivity index (χ0v) is 22.3. The van der Waals surface area contributed by atoms with Crippen molar-refractivity contribution in [2.24, 2.45) is 0 Å². The van der Waals surface area contributed by atoms with Crippen LogP contribution in [0.3, 0.4) is 0 Å². The number of methoxy groups -OCH3 is 1. The van der Waals surface area contributed by atoms with E-state index in [2.05, 4.69) is 10.3 Å². The molecule has 0 saturated carbocycles. The molecule has 2 aromatic carbocycles. The van der Waals surface area contributed by atoms with Crippen molar-refractivity contribution in [1.82, 2.24) is 4.98 Å². The molecule has 13 heteroatoms. The number of hydrogen-bond donors (Lipinski definition) is 1. The molecule has 0 aliphatic heterocycles. The van der Waals surface area contributed by atoms with Crippen molar-refractivity contribution in [2.75, 3.05) is 31.4 Å². The second-order valence-corrected chi connectivity index (χ2v) is 10.0. The number of aromatic nitrogens is 1. The molecule has 1 heterocycles. The predicted molar refractivity (Wildman–Crippen MR) is 137 cm³/mol. The molecule has 3 aromatic rings. The number of carbonyl (C=O) groups excluding carboxylic acids is 2. The Balaban J connectivity index is 1.77. The first-order valence-electron chi connectivity index (χ1n) is 11.3. The third-order valence-electron chi connectivity index (χ3n) is 4.64. The number of halogens is 3. The van der Waals surface area contributed by atoms with Crippen molar-refractivity contribution in [1.29, 1.82) is 0 Å². The Hall–Kier alpha value is -3.29. The van der Waals surface area contributed by atoms with Gasteiger partial charge in [0, 0.05) is 18.7 Å². The average Bonchev–Trinajstić information content (AvgIpc) is 3.30. The Morgan fingerprint density at radius 1 is 1.11 bits per heavy atom. The van der Waals surface area contributed by atoms with E-state index in [4.69, 9.17) is 18.9 Å². The highest BCUT2D eigenvalue weighted by atomic mass is 32.2. The van der Waals surface area contributed by atoms with Crippen LogP contribution in [0.15, 0.2) is 52.9 Å². The number of thioether (sulfide) groups is 1. The molecule has 0 aliphatic carbocycles. The maximum atomic E-state index is 13.0. The number of ether oxygens (including phenoxy) is 4. The quantitative estimate of drug-likeness (QED) is 0.201. The van der Waals surface area contributed by atoms with Gasteiger partial charge >= 0.3 is 12.1 Å². The molecule has 0 aliphatic rings. The number of esters is 1. The van der Waals surface area contributed by atoms with Crippen LogP contribution in [-0.2, 0) is 20.4 Å². The average molecular weight is 571 g/mol. The molecule has 8 nitrogen and oxygen atoms in total. The van der Waals surface area contributed by atoms with Gasteiger partial charge in [0.1, 0.15) is 23.4 Å². The standard InChI is InChI=1S/C25H25F3N2O6S2/c1-4-34-21(31)14-37-22-12-29-24(38-22)30-23(32)16-9-19(35-15(2)13-33-3)11-20(10-16)36-18-7-5-17(6-8-18)25(26,27)28/h5-12,15H,4,13-14H2,1-3H3,(H,29,30,32). The molecule has 38 heavy (non-hydrogen) atoms. The van der Waals surface area contributed by atoms with Crippen LogP contribution in [0.25, 0.3) is 0 Å². The zero-order chi connectivity index (χ0) is 27.7. The van der Waals surface area contributed by atoms with Crippen molar-refractivity contribution in [3.05, 3.63) is 59.8 Å². The van der Waals surface area contributed by atoms with Gasteiger partial charge in [-0.3, -0.25) is 14.9 Å². The lowest BCUT2D eigenvalue weighted by atomic mass is 10.1. The van der Waals surface area contributed by atoms with Gasteiger partial charge in [-0.05, 0) is 50.2 Å². The molecule has 1 N–H and O–H groups in total. The molecule has 3 rings (SSSR count). The van der Waals surface area contributed by atoms with Crippen molar-refractivity contribution >= 4 is 40.1 Å². The van der Waals surface area contributed by atoms with Gasteiger partial charge in [-0.1, -0.05) is 11.3 Å². The number of anilines is 1. The van der Waals surface area contributed by atoms with Gasteiger partial charge in [0.15, 0.2) is 5.13 Å². The number of hydrogen-bond acceptors (Lipinski definition) is 9. The number of nitrogens with zero attached hydrogens (tertiary/aromatic N) is 1. The highest BCUT2D eigenvalue weighted by molar-refractivity contribution is 8.01. The van der Waals surface area contributed by atoms with Crippen LogP contribution in [0.5, 0.6) is 17.2 Å². The summed E-state index contributed by atoms with van der Waals surface area (Å²) >= 11 is 2.43. The van der Waals surface area contributed by atoms with E-state index >= 15 is 0 Å². The summed E-state index contributed by atoms with van der Waals surface area (Å²) in [7, 11) is 1.52. The fraction of sp³-hybridized carbons (Fsp3) is 0.320. The number of alkyl halides is 3. The highest BCUT2D eigenvalue weighted by Crippen LogP contribution is 2.33. The molecule has 0 bridgehead atoms. The number of nitrogens with one attached hydrogen (secondary N) is 1. The molecule has 0 saturated heterocycles. The first-order chi connectivity index (χ1) is 18.1. The molecular weight excluding hydrogens is 545 g/mol. The van der Waals surface area contributed by atoms with E-state index < -0.39 is 17.6 Å². The summed E-state index contributed by atoms with van der Waals surface area (Å²) in [5.74, 6) is -0.113. The lowest BCUT2D eigenvalue weighted by Gasteiger charge is -2.16. The van der Waals surface area contributed by atoms with Crippen molar-refractivity contribution < 1.29 is 41.7 Å². The third-order valence-corrected chi connectivity index (χ3v) is 6.72. The summed E-state index contributed by atoms with van der Waals surface area (Å²) in [6.07, 6.45) is -3.28. The number of rotatable bonds is 12. The number of benzene rings is 2. The Morgan fingerprint density at radius 2 is 1.82 bits per heavy atom. The van der Waals surface area contributed by atoms with Crippen LogP contribution in [-0.4, -0.2) is 49.0 Å². The summed E-state index contributed by atoms with van der Waals surface area (Å²) in [4.78, 5) is 28.7. The molecule has 0 fully saturated rings. The van der Waals surface area contributed by atoms with Crippen molar-refractivity contribution in [2.45, 2.75) is 30.3 Å². The Kier molecular flexibility index (Phi) is 10.4. The molecule has 1 aromatic heterocycles. The topological polar surface area (TPSA) is 96.0 Å². The van der Waals surface area contributed by atoms with Gasteiger partial charge in [-0.15, -0.1) is 11.8 Å². The minimum atomic E-state index is -4.47. The Labute approximate surface area is 225 Å². The van der Waals surface area contributed by atoms with Crippen LogP contribution < -0.4 is 14.8 Å². The summed E-state index contributed by atoms with van der Waals surface area (Å²) in [6.45, 7) is 4.08. The zero-order valence-electron chi connectivity index (χ0n) is 20.7. The minimum absolute atomic E-state index is 0.118. The second-order valence-electron chi connectivity index (χ2n) is 7.73. The first-order valence-corrected chi connectivity index (χ1v) is 13.1. The SMILES string of the molecule is CCOC(=O)CSc1cnc(NC(=O)c2cc(Oc3ccc(C(F)(F)F)cc3)cc(OC(C)COC)c2)s1. The molecule has 1 unspecified atom stereocenters. The molecule has 0 radical (unpaired) electrons. The van der Waals surface area contributed by atoms with E-state index in [0.29, 0.717) is 21.7 Å². The van der Waals surface area contributed by atoms with E-state index in [1.165, 1.54) is 66.7 Å². The van der Waals surface area contributed by atoms with Crippen LogP contribution in [0.2, 0.25) is 0 Å². The van der Waals surface area contributed by atoms with E-state index in [-0.39, 0.29) is 41.5 Å². The third kappa shape index (κ3) is 8.92. The predicted octanol–water partition coefficient (Wildman–Crippen LogP) is 6.28. The Morgan fingerprint density at radius 3 is 2.47 bits per heavy atom. The number of carbonyl (C=O) groups is 2. The summed E-state index contributed by atoms with van der Waals surface area (Å²) < 4.78 is 60.9. The normalized spacial score (nSPS) is 12.1. The van der Waals surface area contributed by atoms with Gasteiger partial charge in [-0.2, -0.15) is 13.2 Å². The lowest BCUT2D eigenvalue weighted by molar-refractivity contribution is -0.140. The van der Waals surface area contributed by atoms with Gasteiger partial charge in [0.2, 0.25) is 0 Å². The Bertz CT molecular complexity index is 1230. The smallest absolute Gasteiger partial charge is 0.416 e. The highest BCUT2D eigenvalue weighted by Gasteiger charge is 2.30. The molecule has 1 amide bonds. The fourth-order valence-corrected chi connectivity index (χ4v) is 4.73. The van der Waals surface area contributed by atoms with Gasteiger partial charge in [-0.25, -0.2) is 4.98 Å². The largest absolute Gasteiger partial charge is 0.488 e. The lowest BCUT2D eigenvalue weighted by Crippen LogP contribution is -2.18. The molecule has 1 atom stereocenters. The van der Waals surface area contributed by atoms with Gasteiger partial charge in [0.05, 0.1) is 34.9 Å². The molecule has 0 spiro atoms. The van der Waals surface area contributed by atoms with E-state index in [1.54, 1.807) is 13.8 Å². The fourth-order valence-electron chi connectivity index (χ4n) is 3.06. The maximum Gasteiger partial charge on any atom is 0.416 e. The van der Waals surface area contributed by atoms with Crippen LogP contribution in [0, 0.1) is 0 Å². The van der Waals surface area contributed by atoms with E-state index in [9.17, 15) is 22.8 Å². The van der Waals surface area contributed by atoms with Crippen LogP contribution in [0.1, 0.15) is 29.8 Å². The maximum absolute atomic E-state index is 13.0. The molecular formula is C25H25F3N2O6S2. The van der Waals surface area contributed by atoms with Gasteiger partial charge < -0.3 is 18.9 Å². The summed E-state index contributed by atoms with van der Waals surface area (Å²) in [5, 5.41) is 3.00. The number of amides is 1.